The van der Waals surface area contributed by atoms with Gasteiger partial charge in [-0.15, -0.1) is 11.3 Å². The van der Waals surface area contributed by atoms with Gasteiger partial charge in [-0.3, -0.25) is 4.79 Å². The number of benzene rings is 2. The quantitative estimate of drug-likeness (QED) is 0.321. The second-order valence-corrected chi connectivity index (χ2v) is 12.6. The number of piperidine rings is 1. The third kappa shape index (κ3) is 6.27. The van der Waals surface area contributed by atoms with Crippen molar-refractivity contribution in [1.82, 2.24) is 9.21 Å². The van der Waals surface area contributed by atoms with E-state index in [2.05, 4.69) is 6.07 Å². The van der Waals surface area contributed by atoms with E-state index in [1.807, 2.05) is 30.5 Å². The average Bonchev–Trinajstić information content (AvgIpc) is 3.37. The first-order chi connectivity index (χ1) is 16.8. The minimum absolute atomic E-state index is 0.00994. The maximum absolute atomic E-state index is 13.8. The van der Waals surface area contributed by atoms with E-state index in [1.54, 1.807) is 34.4 Å². The van der Waals surface area contributed by atoms with Gasteiger partial charge in [0.05, 0.1) is 5.02 Å². The lowest BCUT2D eigenvalue weighted by molar-refractivity contribution is 0.0675. The number of rotatable bonds is 8. The summed E-state index contributed by atoms with van der Waals surface area (Å²) in [6, 6.07) is 15.9. The molecule has 186 valence electrons. The number of sulfonamides is 1. The Morgan fingerprint density at radius 3 is 2.43 bits per heavy atom. The van der Waals surface area contributed by atoms with Gasteiger partial charge in [-0.2, -0.15) is 4.31 Å². The van der Waals surface area contributed by atoms with Crippen molar-refractivity contribution >= 4 is 50.5 Å². The Balaban J connectivity index is 1.66. The van der Waals surface area contributed by atoms with Crippen LogP contribution in [-0.4, -0.2) is 42.7 Å². The number of carbonyl (C=O) groups excluding carboxylic acids is 1. The maximum atomic E-state index is 13.8. The van der Waals surface area contributed by atoms with Gasteiger partial charge in [-0.1, -0.05) is 47.8 Å². The first kappa shape index (κ1) is 26.2. The van der Waals surface area contributed by atoms with Crippen LogP contribution < -0.4 is 0 Å². The van der Waals surface area contributed by atoms with Gasteiger partial charge in [0.1, 0.15) is 4.90 Å². The van der Waals surface area contributed by atoms with Gasteiger partial charge in [0.2, 0.25) is 10.0 Å². The van der Waals surface area contributed by atoms with Crippen molar-refractivity contribution < 1.29 is 13.2 Å². The number of nitrogens with zero attached hydrogens (tertiary/aromatic N) is 2. The van der Waals surface area contributed by atoms with Crippen LogP contribution in [0.4, 0.5) is 0 Å². The number of amides is 1. The third-order valence-corrected chi connectivity index (χ3v) is 9.78. The van der Waals surface area contributed by atoms with E-state index in [9.17, 15) is 13.2 Å². The van der Waals surface area contributed by atoms with Crippen LogP contribution >= 0.6 is 34.5 Å². The zero-order valence-electron chi connectivity index (χ0n) is 19.5. The van der Waals surface area contributed by atoms with Gasteiger partial charge in [0, 0.05) is 47.6 Å². The van der Waals surface area contributed by atoms with Crippen molar-refractivity contribution in [1.29, 1.82) is 0 Å². The number of carbonyl (C=O) groups is 1. The van der Waals surface area contributed by atoms with Crippen molar-refractivity contribution in [2.75, 3.05) is 13.1 Å². The van der Waals surface area contributed by atoms with Crippen LogP contribution in [0.3, 0.4) is 0 Å². The Morgan fingerprint density at radius 2 is 1.77 bits per heavy atom. The second kappa shape index (κ2) is 11.4. The molecule has 9 heteroatoms. The molecule has 35 heavy (non-hydrogen) atoms. The zero-order valence-corrected chi connectivity index (χ0v) is 22.6. The summed E-state index contributed by atoms with van der Waals surface area (Å²) in [5.74, 6) is -0.240. The van der Waals surface area contributed by atoms with E-state index < -0.39 is 10.0 Å². The van der Waals surface area contributed by atoms with Crippen LogP contribution in [-0.2, 0) is 23.0 Å². The van der Waals surface area contributed by atoms with E-state index in [1.165, 1.54) is 21.3 Å². The Morgan fingerprint density at radius 1 is 1.06 bits per heavy atom. The number of hydrogen-bond acceptors (Lipinski definition) is 4. The van der Waals surface area contributed by atoms with Crippen molar-refractivity contribution in [3.8, 4) is 0 Å². The van der Waals surface area contributed by atoms with Crippen LogP contribution in [0.25, 0.3) is 0 Å². The normalized spacial score (nSPS) is 15.6. The lowest BCUT2D eigenvalue weighted by Gasteiger charge is -2.30. The summed E-state index contributed by atoms with van der Waals surface area (Å²) in [7, 11) is -3.78. The highest BCUT2D eigenvalue weighted by molar-refractivity contribution is 7.89. The molecule has 1 amide bonds. The molecule has 0 N–H and O–H groups in total. The predicted molar refractivity (Wildman–Crippen MR) is 143 cm³/mol. The van der Waals surface area contributed by atoms with Gasteiger partial charge in [-0.05, 0) is 67.1 Å². The van der Waals surface area contributed by atoms with Gasteiger partial charge < -0.3 is 4.90 Å². The van der Waals surface area contributed by atoms with Gasteiger partial charge in [0.25, 0.3) is 5.91 Å². The van der Waals surface area contributed by atoms with Crippen molar-refractivity contribution in [2.24, 2.45) is 0 Å². The first-order valence-electron chi connectivity index (χ1n) is 11.6. The zero-order chi connectivity index (χ0) is 25.0. The number of halogens is 2. The largest absolute Gasteiger partial charge is 0.331 e. The molecule has 2 aromatic carbocycles. The molecule has 1 aliphatic rings. The monoisotopic (exact) mass is 550 g/mol. The lowest BCUT2D eigenvalue weighted by atomic mass is 10.1. The molecular formula is C26H28Cl2N2O3S2. The highest BCUT2D eigenvalue weighted by Gasteiger charge is 2.30. The molecule has 0 radical (unpaired) electrons. The van der Waals surface area contributed by atoms with E-state index in [4.69, 9.17) is 23.2 Å². The highest BCUT2D eigenvalue weighted by Crippen LogP contribution is 2.29. The fraction of sp³-hybridized carbons (Fsp3) is 0.346. The Hall–Kier alpha value is -1.90. The average molecular weight is 552 g/mol. The van der Waals surface area contributed by atoms with Gasteiger partial charge >= 0.3 is 0 Å². The minimum atomic E-state index is -3.78. The topological polar surface area (TPSA) is 57.7 Å². The van der Waals surface area contributed by atoms with Crippen molar-refractivity contribution in [2.45, 2.75) is 50.1 Å². The Kier molecular flexibility index (Phi) is 8.55. The SMILES string of the molecule is CC(Cc1cccs1)N(Cc1ccc(Cl)cc1)C(=O)c1ccc(Cl)c(S(=O)(=O)N2CCCCC2)c1. The van der Waals surface area contributed by atoms with Crippen molar-refractivity contribution in [3.63, 3.8) is 0 Å². The molecule has 0 spiro atoms. The summed E-state index contributed by atoms with van der Waals surface area (Å²) in [5.41, 5.74) is 1.24. The molecule has 5 nitrogen and oxygen atoms in total. The molecule has 1 aromatic heterocycles. The summed E-state index contributed by atoms with van der Waals surface area (Å²) in [6.07, 6.45) is 3.36. The van der Waals surface area contributed by atoms with Crippen LogP contribution in [0.15, 0.2) is 64.9 Å². The maximum Gasteiger partial charge on any atom is 0.254 e. The summed E-state index contributed by atoms with van der Waals surface area (Å²) in [4.78, 5) is 16.8. The Labute approximate surface area is 221 Å². The van der Waals surface area contributed by atoms with E-state index in [0.29, 0.717) is 36.6 Å². The second-order valence-electron chi connectivity index (χ2n) is 8.80. The molecule has 1 unspecified atom stereocenters. The highest BCUT2D eigenvalue weighted by atomic mass is 35.5. The molecule has 3 aromatic rings. The summed E-state index contributed by atoms with van der Waals surface area (Å²) < 4.78 is 28.1. The van der Waals surface area contributed by atoms with Crippen LogP contribution in [0.2, 0.25) is 10.0 Å². The molecule has 0 aliphatic carbocycles. The molecule has 1 atom stereocenters. The molecule has 0 bridgehead atoms. The summed E-state index contributed by atoms with van der Waals surface area (Å²) in [6.45, 7) is 3.32. The van der Waals surface area contributed by atoms with Crippen LogP contribution in [0.1, 0.15) is 47.0 Å². The van der Waals surface area contributed by atoms with Crippen LogP contribution in [0, 0.1) is 0 Å². The van der Waals surface area contributed by atoms with E-state index in [-0.39, 0.29) is 21.9 Å². The summed E-state index contributed by atoms with van der Waals surface area (Å²) in [5, 5.41) is 2.77. The third-order valence-electron chi connectivity index (χ3n) is 6.25. The molecule has 1 aliphatic heterocycles. The fourth-order valence-electron chi connectivity index (χ4n) is 4.29. The van der Waals surface area contributed by atoms with Crippen molar-refractivity contribution in [3.05, 3.63) is 86.0 Å². The molecule has 1 fully saturated rings. The minimum Gasteiger partial charge on any atom is -0.331 e. The summed E-state index contributed by atoms with van der Waals surface area (Å²) >= 11 is 14.0. The predicted octanol–water partition coefficient (Wildman–Crippen LogP) is 6.50. The fourth-order valence-corrected chi connectivity index (χ4v) is 7.26. The van der Waals surface area contributed by atoms with E-state index in [0.717, 1.165) is 24.8 Å². The first-order valence-corrected chi connectivity index (χ1v) is 14.7. The van der Waals surface area contributed by atoms with Crippen LogP contribution in [0.5, 0.6) is 0 Å². The number of hydrogen-bond donors (Lipinski definition) is 0. The molecule has 1 saturated heterocycles. The smallest absolute Gasteiger partial charge is 0.254 e. The number of thiophene rings is 1. The molecule has 2 heterocycles. The van der Waals surface area contributed by atoms with Gasteiger partial charge in [-0.25, -0.2) is 8.42 Å². The molecule has 4 rings (SSSR count). The van der Waals surface area contributed by atoms with Gasteiger partial charge in [0.15, 0.2) is 0 Å². The Bertz CT molecular complexity index is 1260. The van der Waals surface area contributed by atoms with E-state index >= 15 is 0 Å². The standard InChI is InChI=1S/C26H28Cl2N2O3S2/c1-19(16-23-6-5-15-34-23)30(18-20-7-10-22(27)11-8-20)26(31)21-9-12-24(28)25(17-21)35(32,33)29-13-3-2-4-14-29/h5-12,15,17,19H,2-4,13-14,16,18H2,1H3. The lowest BCUT2D eigenvalue weighted by Crippen LogP contribution is -2.39. The molecular weight excluding hydrogens is 523 g/mol. The molecule has 0 saturated carbocycles.